The highest BCUT2D eigenvalue weighted by molar-refractivity contribution is 6.37. The zero-order valence-electron chi connectivity index (χ0n) is 13.4. The van der Waals surface area contributed by atoms with Crippen molar-refractivity contribution in [1.82, 2.24) is 20.2 Å². The van der Waals surface area contributed by atoms with Crippen LogP contribution in [0.5, 0.6) is 0 Å². The Balaban J connectivity index is 1.81. The second-order valence-electron chi connectivity index (χ2n) is 5.26. The van der Waals surface area contributed by atoms with Crippen molar-refractivity contribution in [3.63, 3.8) is 0 Å². The third kappa shape index (κ3) is 3.89. The number of aromatic nitrogens is 4. The number of rotatable bonds is 4. The molecule has 0 fully saturated rings. The van der Waals surface area contributed by atoms with Crippen LogP contribution in [0, 0.1) is 12.7 Å². The molecule has 0 aliphatic rings. The van der Waals surface area contributed by atoms with Crippen LogP contribution in [0.15, 0.2) is 42.5 Å². The fourth-order valence-corrected chi connectivity index (χ4v) is 2.74. The van der Waals surface area contributed by atoms with Gasteiger partial charge in [-0.1, -0.05) is 29.3 Å². The van der Waals surface area contributed by atoms with Gasteiger partial charge in [-0.25, -0.2) is 4.39 Å². The van der Waals surface area contributed by atoms with E-state index in [4.69, 9.17) is 23.2 Å². The lowest BCUT2D eigenvalue weighted by Gasteiger charge is -2.08. The topological polar surface area (TPSA) is 72.7 Å². The zero-order chi connectivity index (χ0) is 18.7. The summed E-state index contributed by atoms with van der Waals surface area (Å²) in [7, 11) is 0. The summed E-state index contributed by atoms with van der Waals surface area (Å²) in [5.41, 5.74) is 1.02. The Morgan fingerprint density at radius 3 is 2.62 bits per heavy atom. The minimum atomic E-state index is -0.586. The molecule has 0 radical (unpaired) electrons. The lowest BCUT2D eigenvalue weighted by Crippen LogP contribution is -2.10. The number of halogens is 3. The Morgan fingerprint density at radius 1 is 1.23 bits per heavy atom. The molecule has 0 aliphatic heterocycles. The molecule has 1 N–H and O–H groups in total. The number of benzene rings is 2. The first-order valence-electron chi connectivity index (χ1n) is 7.43. The number of nitrogens with zero attached hydrogens (tertiary/aromatic N) is 4. The number of hydrogen-bond donors (Lipinski definition) is 1. The summed E-state index contributed by atoms with van der Waals surface area (Å²) < 4.78 is 15.4. The van der Waals surface area contributed by atoms with E-state index >= 15 is 0 Å². The maximum absolute atomic E-state index is 14.0. The maximum Gasteiger partial charge on any atom is 0.248 e. The molecule has 0 atom stereocenters. The summed E-state index contributed by atoms with van der Waals surface area (Å²) in [4.78, 5) is 12.1. The first kappa shape index (κ1) is 18.0. The van der Waals surface area contributed by atoms with Crippen LogP contribution in [0.25, 0.3) is 11.8 Å². The fraction of sp³-hybridized carbons (Fsp3) is 0.0588. The van der Waals surface area contributed by atoms with Gasteiger partial charge in [-0.15, -0.1) is 5.10 Å². The molecule has 9 heteroatoms. The molecule has 1 amide bonds. The molecule has 0 saturated carbocycles. The van der Waals surface area contributed by atoms with Crippen LogP contribution in [0.3, 0.4) is 0 Å². The molecule has 132 valence electrons. The van der Waals surface area contributed by atoms with Crippen molar-refractivity contribution in [2.45, 2.75) is 6.92 Å². The lowest BCUT2D eigenvalue weighted by molar-refractivity contribution is -0.111. The smallest absolute Gasteiger partial charge is 0.248 e. The van der Waals surface area contributed by atoms with Crippen LogP contribution < -0.4 is 5.32 Å². The van der Waals surface area contributed by atoms with Crippen LogP contribution in [-0.4, -0.2) is 26.1 Å². The fourth-order valence-electron chi connectivity index (χ4n) is 2.21. The van der Waals surface area contributed by atoms with Crippen molar-refractivity contribution in [3.8, 4) is 5.69 Å². The average Bonchev–Trinajstić information content (AvgIpc) is 3.02. The van der Waals surface area contributed by atoms with Crippen molar-refractivity contribution < 1.29 is 9.18 Å². The number of tetrazole rings is 1. The predicted octanol–water partition coefficient (Wildman–Crippen LogP) is 4.07. The van der Waals surface area contributed by atoms with Crippen LogP contribution in [0.2, 0.25) is 10.0 Å². The van der Waals surface area contributed by atoms with Gasteiger partial charge in [-0.2, -0.15) is 4.68 Å². The van der Waals surface area contributed by atoms with Crippen molar-refractivity contribution in [3.05, 3.63) is 69.7 Å². The van der Waals surface area contributed by atoms with Gasteiger partial charge in [0.25, 0.3) is 0 Å². The number of amides is 1. The van der Waals surface area contributed by atoms with Gasteiger partial charge in [0.2, 0.25) is 5.91 Å². The monoisotopic (exact) mass is 391 g/mol. The number of aryl methyl sites for hydroxylation is 1. The Bertz CT molecular complexity index is 982. The molecule has 3 rings (SSSR count). The number of carbonyl (C=O) groups is 1. The SMILES string of the molecule is Cc1nnnn1-c1ccc(F)c(NC(=O)/C=C/c2c(Cl)cccc2Cl)c1. The normalized spacial score (nSPS) is 11.1. The Labute approximate surface area is 158 Å². The Kier molecular flexibility index (Phi) is 5.29. The van der Waals surface area contributed by atoms with Crippen molar-refractivity contribution >= 4 is 40.9 Å². The molecule has 0 spiro atoms. The van der Waals surface area contributed by atoms with Crippen molar-refractivity contribution in [2.24, 2.45) is 0 Å². The van der Waals surface area contributed by atoms with Crippen molar-refractivity contribution in [1.29, 1.82) is 0 Å². The van der Waals surface area contributed by atoms with E-state index in [0.29, 0.717) is 27.1 Å². The van der Waals surface area contributed by atoms with E-state index in [1.807, 2.05) is 0 Å². The summed E-state index contributed by atoms with van der Waals surface area (Å²) in [6.07, 6.45) is 2.69. The molecule has 6 nitrogen and oxygen atoms in total. The minimum absolute atomic E-state index is 0.00249. The number of anilines is 1. The second-order valence-corrected chi connectivity index (χ2v) is 6.07. The van der Waals surface area contributed by atoms with Gasteiger partial charge in [-0.3, -0.25) is 4.79 Å². The lowest BCUT2D eigenvalue weighted by atomic mass is 10.2. The van der Waals surface area contributed by atoms with Gasteiger partial charge in [0.1, 0.15) is 5.82 Å². The second kappa shape index (κ2) is 7.63. The molecule has 2 aromatic carbocycles. The van der Waals surface area contributed by atoms with Crippen LogP contribution in [-0.2, 0) is 4.79 Å². The summed E-state index contributed by atoms with van der Waals surface area (Å²) in [5.74, 6) is -0.593. The summed E-state index contributed by atoms with van der Waals surface area (Å²) in [5, 5.41) is 14.4. The first-order valence-corrected chi connectivity index (χ1v) is 8.19. The van der Waals surface area contributed by atoms with E-state index in [0.717, 1.165) is 0 Å². The van der Waals surface area contributed by atoms with Gasteiger partial charge in [0, 0.05) is 21.7 Å². The van der Waals surface area contributed by atoms with Gasteiger partial charge in [-0.05, 0) is 53.8 Å². The minimum Gasteiger partial charge on any atom is -0.320 e. The highest BCUT2D eigenvalue weighted by atomic mass is 35.5. The van der Waals surface area contributed by atoms with Crippen LogP contribution >= 0.6 is 23.2 Å². The van der Waals surface area contributed by atoms with Crippen LogP contribution in [0.4, 0.5) is 10.1 Å². The molecule has 0 unspecified atom stereocenters. The zero-order valence-corrected chi connectivity index (χ0v) is 15.0. The summed E-state index contributed by atoms with van der Waals surface area (Å²) in [6, 6.07) is 9.18. The standard InChI is InChI=1S/C17H12Cl2FN5O/c1-10-22-23-24-25(10)11-5-7-15(20)16(9-11)21-17(26)8-6-12-13(18)3-2-4-14(12)19/h2-9H,1H3,(H,21,26)/b8-6+. The quantitative estimate of drug-likeness (QED) is 0.680. The summed E-state index contributed by atoms with van der Waals surface area (Å²) >= 11 is 12.1. The number of hydrogen-bond acceptors (Lipinski definition) is 4. The maximum atomic E-state index is 14.0. The molecule has 0 bridgehead atoms. The van der Waals surface area contributed by atoms with E-state index in [1.165, 1.54) is 35.0 Å². The molecule has 26 heavy (non-hydrogen) atoms. The number of nitrogens with one attached hydrogen (secondary N) is 1. The molecule has 0 aliphatic carbocycles. The molecule has 1 heterocycles. The molecule has 0 saturated heterocycles. The molecule has 3 aromatic rings. The van der Waals surface area contributed by atoms with Gasteiger partial charge >= 0.3 is 0 Å². The van der Waals surface area contributed by atoms with E-state index in [2.05, 4.69) is 20.8 Å². The predicted molar refractivity (Wildman–Crippen MR) is 98.0 cm³/mol. The van der Waals surface area contributed by atoms with E-state index in [9.17, 15) is 9.18 Å². The summed E-state index contributed by atoms with van der Waals surface area (Å²) in [6.45, 7) is 1.71. The number of carbonyl (C=O) groups excluding carboxylic acids is 1. The Morgan fingerprint density at radius 2 is 1.96 bits per heavy atom. The van der Waals surface area contributed by atoms with Crippen molar-refractivity contribution in [2.75, 3.05) is 5.32 Å². The largest absolute Gasteiger partial charge is 0.320 e. The molecular weight excluding hydrogens is 380 g/mol. The van der Waals surface area contributed by atoms with Gasteiger partial charge in [0.15, 0.2) is 5.82 Å². The average molecular weight is 392 g/mol. The van der Waals surface area contributed by atoms with Gasteiger partial charge in [0.05, 0.1) is 11.4 Å². The highest BCUT2D eigenvalue weighted by Crippen LogP contribution is 2.25. The van der Waals surface area contributed by atoms with E-state index in [-0.39, 0.29) is 5.69 Å². The van der Waals surface area contributed by atoms with Gasteiger partial charge < -0.3 is 5.32 Å². The van der Waals surface area contributed by atoms with E-state index in [1.54, 1.807) is 25.1 Å². The molecular formula is C17H12Cl2FN5O. The third-order valence-electron chi connectivity index (χ3n) is 3.48. The highest BCUT2D eigenvalue weighted by Gasteiger charge is 2.10. The Hall–Kier alpha value is -2.77. The first-order chi connectivity index (χ1) is 12.5. The molecule has 1 aromatic heterocycles. The third-order valence-corrected chi connectivity index (χ3v) is 4.14. The van der Waals surface area contributed by atoms with Crippen LogP contribution in [0.1, 0.15) is 11.4 Å². The van der Waals surface area contributed by atoms with E-state index < -0.39 is 11.7 Å².